The van der Waals surface area contributed by atoms with Crippen LogP contribution in [0.25, 0.3) is 0 Å². The van der Waals surface area contributed by atoms with Crippen LogP contribution < -0.4 is 0 Å². The molecular formula is C15H13NO. The number of benzene rings is 1. The Hall–Kier alpha value is -1.67. The summed E-state index contributed by atoms with van der Waals surface area (Å²) in [5.74, 6) is 0.429. The first kappa shape index (κ1) is 9.37. The summed E-state index contributed by atoms with van der Waals surface area (Å²) in [6, 6.07) is 12.2. The predicted octanol–water partition coefficient (Wildman–Crippen LogP) is 2.36. The maximum atomic E-state index is 11.0. The van der Waals surface area contributed by atoms with Gasteiger partial charge in [0.05, 0.1) is 0 Å². The minimum absolute atomic E-state index is 0.429. The van der Waals surface area contributed by atoms with E-state index in [0.29, 0.717) is 5.92 Å². The first-order valence-electron chi connectivity index (χ1n) is 6.05. The molecule has 1 N–H and O–H groups in total. The van der Waals surface area contributed by atoms with E-state index in [1.807, 2.05) is 24.4 Å². The number of fused-ring (bicyclic) bond motifs is 7. The van der Waals surface area contributed by atoms with Crippen LogP contribution in [0.5, 0.6) is 0 Å². The minimum Gasteiger partial charge on any atom is -0.380 e. The highest BCUT2D eigenvalue weighted by Gasteiger charge is 2.48. The number of pyridine rings is 1. The van der Waals surface area contributed by atoms with Gasteiger partial charge in [-0.1, -0.05) is 30.3 Å². The van der Waals surface area contributed by atoms with E-state index in [0.717, 1.165) is 29.7 Å². The molecule has 0 radical (unpaired) electrons. The molecule has 0 saturated heterocycles. The van der Waals surface area contributed by atoms with Crippen LogP contribution in [0.15, 0.2) is 42.6 Å². The van der Waals surface area contributed by atoms with Gasteiger partial charge in [-0.25, -0.2) is 0 Å². The van der Waals surface area contributed by atoms with Crippen molar-refractivity contribution < 1.29 is 5.11 Å². The minimum atomic E-state index is -0.802. The number of nitrogens with zero attached hydrogens (tertiary/aromatic N) is 1. The molecule has 84 valence electrons. The number of rotatable bonds is 0. The Labute approximate surface area is 100.0 Å². The van der Waals surface area contributed by atoms with Crippen LogP contribution in [-0.4, -0.2) is 10.1 Å². The lowest BCUT2D eigenvalue weighted by Crippen LogP contribution is -2.29. The van der Waals surface area contributed by atoms with Gasteiger partial charge in [0.15, 0.2) is 0 Å². The van der Waals surface area contributed by atoms with Crippen molar-refractivity contribution in [2.24, 2.45) is 0 Å². The van der Waals surface area contributed by atoms with Gasteiger partial charge in [-0.15, -0.1) is 0 Å². The fourth-order valence-corrected chi connectivity index (χ4v) is 3.45. The van der Waals surface area contributed by atoms with Crippen LogP contribution in [0.1, 0.15) is 34.7 Å². The third kappa shape index (κ3) is 1.06. The maximum Gasteiger partial charge on any atom is 0.117 e. The topological polar surface area (TPSA) is 33.1 Å². The summed E-state index contributed by atoms with van der Waals surface area (Å²) in [7, 11) is 0. The van der Waals surface area contributed by atoms with Gasteiger partial charge in [0, 0.05) is 17.5 Å². The molecule has 0 fully saturated rings. The van der Waals surface area contributed by atoms with Crippen LogP contribution in [0, 0.1) is 0 Å². The Kier molecular flexibility index (Phi) is 1.63. The Balaban J connectivity index is 2.05. The zero-order valence-electron chi connectivity index (χ0n) is 9.43. The standard InChI is InChI=1S/C15H13NO/c17-15-9-10(11-4-1-2-5-12(11)15)8-14-13(15)6-3-7-16-14/h1-7,10,17H,8-9H2/t10-,15-/m0/s1. The third-order valence-electron chi connectivity index (χ3n) is 4.16. The molecule has 0 unspecified atom stereocenters. The van der Waals surface area contributed by atoms with E-state index in [1.54, 1.807) is 0 Å². The van der Waals surface area contributed by atoms with Gasteiger partial charge in [0.1, 0.15) is 5.60 Å². The molecule has 4 rings (SSSR count). The summed E-state index contributed by atoms with van der Waals surface area (Å²) in [6.07, 6.45) is 3.58. The Morgan fingerprint density at radius 1 is 1.12 bits per heavy atom. The number of hydrogen-bond acceptors (Lipinski definition) is 2. The van der Waals surface area contributed by atoms with Gasteiger partial charge >= 0.3 is 0 Å². The zero-order chi connectivity index (χ0) is 11.5. The molecular weight excluding hydrogens is 210 g/mol. The smallest absolute Gasteiger partial charge is 0.117 e. The average molecular weight is 223 g/mol. The van der Waals surface area contributed by atoms with Gasteiger partial charge in [-0.3, -0.25) is 4.98 Å². The quantitative estimate of drug-likeness (QED) is 0.743. The molecule has 0 aliphatic heterocycles. The zero-order valence-corrected chi connectivity index (χ0v) is 9.43. The molecule has 1 heterocycles. The molecule has 2 nitrogen and oxygen atoms in total. The molecule has 2 aliphatic carbocycles. The van der Waals surface area contributed by atoms with Crippen molar-refractivity contribution in [1.29, 1.82) is 0 Å². The summed E-state index contributed by atoms with van der Waals surface area (Å²) >= 11 is 0. The highest BCUT2D eigenvalue weighted by Crippen LogP contribution is 2.53. The van der Waals surface area contributed by atoms with E-state index in [4.69, 9.17) is 0 Å². The molecule has 2 atom stereocenters. The van der Waals surface area contributed by atoms with E-state index in [1.165, 1.54) is 5.56 Å². The fraction of sp³-hybridized carbons (Fsp3) is 0.267. The molecule has 2 aromatic rings. The molecule has 1 aromatic carbocycles. The van der Waals surface area contributed by atoms with Gasteiger partial charge in [0.25, 0.3) is 0 Å². The van der Waals surface area contributed by atoms with Crippen molar-refractivity contribution >= 4 is 0 Å². The Morgan fingerprint density at radius 3 is 2.88 bits per heavy atom. The van der Waals surface area contributed by atoms with Crippen molar-refractivity contribution in [2.45, 2.75) is 24.4 Å². The summed E-state index contributed by atoms with van der Waals surface area (Å²) in [5, 5.41) is 11.0. The van der Waals surface area contributed by atoms with Gasteiger partial charge in [-0.2, -0.15) is 0 Å². The van der Waals surface area contributed by atoms with Crippen LogP contribution in [0.3, 0.4) is 0 Å². The average Bonchev–Trinajstić information content (AvgIpc) is 2.61. The predicted molar refractivity (Wildman–Crippen MR) is 64.7 cm³/mol. The highest BCUT2D eigenvalue weighted by molar-refractivity contribution is 5.52. The van der Waals surface area contributed by atoms with Gasteiger partial charge in [0.2, 0.25) is 0 Å². The molecule has 17 heavy (non-hydrogen) atoms. The first-order valence-corrected chi connectivity index (χ1v) is 6.05. The van der Waals surface area contributed by atoms with Crippen LogP contribution in [0.4, 0.5) is 0 Å². The normalized spacial score (nSPS) is 28.6. The summed E-state index contributed by atoms with van der Waals surface area (Å²) < 4.78 is 0. The second-order valence-corrected chi connectivity index (χ2v) is 5.05. The largest absolute Gasteiger partial charge is 0.380 e. The van der Waals surface area contributed by atoms with Gasteiger partial charge in [-0.05, 0) is 36.0 Å². The van der Waals surface area contributed by atoms with Crippen LogP contribution >= 0.6 is 0 Å². The molecule has 0 saturated carbocycles. The van der Waals surface area contributed by atoms with Crippen LogP contribution in [0.2, 0.25) is 0 Å². The molecule has 2 heteroatoms. The first-order chi connectivity index (χ1) is 8.29. The molecule has 2 bridgehead atoms. The number of aromatic nitrogens is 1. The molecule has 2 aliphatic rings. The van der Waals surface area contributed by atoms with E-state index in [-0.39, 0.29) is 0 Å². The summed E-state index contributed by atoms with van der Waals surface area (Å²) in [5.41, 5.74) is 3.64. The Morgan fingerprint density at radius 2 is 1.94 bits per heavy atom. The SMILES string of the molecule is O[C@]12C[C@H](Cc3ncccc31)c1ccccc12. The lowest BCUT2D eigenvalue weighted by molar-refractivity contribution is 0.0692. The van der Waals surface area contributed by atoms with Gasteiger partial charge < -0.3 is 5.11 Å². The van der Waals surface area contributed by atoms with Crippen molar-refractivity contribution in [3.63, 3.8) is 0 Å². The maximum absolute atomic E-state index is 11.0. The summed E-state index contributed by atoms with van der Waals surface area (Å²) in [6.45, 7) is 0. The summed E-state index contributed by atoms with van der Waals surface area (Å²) in [4.78, 5) is 4.43. The molecule has 0 amide bonds. The second kappa shape index (κ2) is 2.96. The van der Waals surface area contributed by atoms with E-state index in [2.05, 4.69) is 23.2 Å². The highest BCUT2D eigenvalue weighted by atomic mass is 16.3. The van der Waals surface area contributed by atoms with E-state index >= 15 is 0 Å². The van der Waals surface area contributed by atoms with Crippen molar-refractivity contribution in [3.8, 4) is 0 Å². The van der Waals surface area contributed by atoms with Crippen LogP contribution in [-0.2, 0) is 12.0 Å². The van der Waals surface area contributed by atoms with Crippen molar-refractivity contribution in [3.05, 3.63) is 65.0 Å². The number of hydrogen-bond donors (Lipinski definition) is 1. The van der Waals surface area contributed by atoms with E-state index in [9.17, 15) is 5.11 Å². The molecule has 1 aromatic heterocycles. The third-order valence-corrected chi connectivity index (χ3v) is 4.16. The number of aliphatic hydroxyl groups is 1. The monoisotopic (exact) mass is 223 g/mol. The lowest BCUT2D eigenvalue weighted by atomic mass is 9.80. The van der Waals surface area contributed by atoms with Crippen molar-refractivity contribution in [2.75, 3.05) is 0 Å². The Bertz CT molecular complexity index is 594. The second-order valence-electron chi connectivity index (χ2n) is 5.05. The van der Waals surface area contributed by atoms with Crippen molar-refractivity contribution in [1.82, 2.24) is 4.98 Å². The lowest BCUT2D eigenvalue weighted by Gasteiger charge is -2.30. The molecule has 0 spiro atoms. The fourth-order valence-electron chi connectivity index (χ4n) is 3.45. The van der Waals surface area contributed by atoms with E-state index < -0.39 is 5.60 Å².